The molecule has 0 bridgehead atoms. The molecular formula is C18H26N6O3. The lowest BCUT2D eigenvalue weighted by Gasteiger charge is -2.28. The molecule has 1 fully saturated rings. The topological polar surface area (TPSA) is 94.4 Å². The average Bonchev–Trinajstić information content (AvgIpc) is 3.11. The van der Waals surface area contributed by atoms with Gasteiger partial charge in [0, 0.05) is 13.1 Å². The fourth-order valence-electron chi connectivity index (χ4n) is 2.78. The molecule has 9 heteroatoms. The summed E-state index contributed by atoms with van der Waals surface area (Å²) in [6, 6.07) is 3.51. The summed E-state index contributed by atoms with van der Waals surface area (Å²) >= 11 is 0. The molecule has 1 unspecified atom stereocenters. The molecule has 2 aromatic heterocycles. The van der Waals surface area contributed by atoms with Gasteiger partial charge in [0.15, 0.2) is 11.6 Å². The zero-order valence-corrected chi connectivity index (χ0v) is 16.2. The van der Waals surface area contributed by atoms with Gasteiger partial charge in [-0.1, -0.05) is 0 Å². The number of aromatic nitrogens is 4. The highest BCUT2D eigenvalue weighted by Gasteiger charge is 2.22. The maximum absolute atomic E-state index is 12.0. The van der Waals surface area contributed by atoms with E-state index in [1.165, 1.54) is 6.33 Å². The van der Waals surface area contributed by atoms with Gasteiger partial charge in [-0.25, -0.2) is 14.8 Å². The number of anilines is 1. The lowest BCUT2D eigenvalue weighted by atomic mass is 10.2. The number of hydrogen-bond acceptors (Lipinski definition) is 7. The third-order valence-electron chi connectivity index (χ3n) is 4.02. The zero-order valence-electron chi connectivity index (χ0n) is 16.2. The lowest BCUT2D eigenvalue weighted by molar-refractivity contribution is 0.0505. The van der Waals surface area contributed by atoms with E-state index in [0.29, 0.717) is 11.6 Å². The van der Waals surface area contributed by atoms with Gasteiger partial charge in [-0.15, -0.1) is 0 Å². The first-order valence-corrected chi connectivity index (χ1v) is 9.02. The van der Waals surface area contributed by atoms with Crippen LogP contribution in [0, 0.1) is 0 Å². The lowest BCUT2D eigenvalue weighted by Crippen LogP contribution is -2.36. The third kappa shape index (κ3) is 4.94. The monoisotopic (exact) mass is 374 g/mol. The molecular weight excluding hydrogens is 348 g/mol. The van der Waals surface area contributed by atoms with Gasteiger partial charge in [0.1, 0.15) is 11.9 Å². The van der Waals surface area contributed by atoms with Crippen LogP contribution < -0.4 is 10.2 Å². The number of carbonyl (C=O) groups is 1. The molecule has 0 aromatic carbocycles. The molecule has 1 aliphatic heterocycles. The first-order chi connectivity index (χ1) is 12.8. The van der Waals surface area contributed by atoms with E-state index in [9.17, 15) is 4.79 Å². The second kappa shape index (κ2) is 7.91. The molecule has 1 saturated heterocycles. The highest BCUT2D eigenvalue weighted by molar-refractivity contribution is 5.68. The highest BCUT2D eigenvalue weighted by atomic mass is 16.6. The normalized spacial score (nSPS) is 16.1. The van der Waals surface area contributed by atoms with E-state index < -0.39 is 11.7 Å². The molecule has 27 heavy (non-hydrogen) atoms. The van der Waals surface area contributed by atoms with Crippen molar-refractivity contribution in [1.29, 1.82) is 0 Å². The van der Waals surface area contributed by atoms with Crippen molar-refractivity contribution >= 4 is 11.8 Å². The van der Waals surface area contributed by atoms with Gasteiger partial charge in [0.25, 0.3) is 0 Å². The standard InChI is InChI=1S/C18H26N6O3/c1-13(22-17(25)27-18(2,3)4)16-20-12-21-24(16)15-6-5-14(11-19-15)23-7-9-26-10-8-23/h5-6,11-13H,7-10H2,1-4H3,(H,22,25). The number of morpholine rings is 1. The molecule has 1 atom stereocenters. The van der Waals surface area contributed by atoms with E-state index in [1.807, 2.05) is 46.0 Å². The van der Waals surface area contributed by atoms with E-state index in [2.05, 4.69) is 25.3 Å². The van der Waals surface area contributed by atoms with Crippen molar-refractivity contribution < 1.29 is 14.3 Å². The summed E-state index contributed by atoms with van der Waals surface area (Å²) in [5, 5.41) is 7.03. The first kappa shape index (κ1) is 19.1. The van der Waals surface area contributed by atoms with E-state index in [4.69, 9.17) is 9.47 Å². The number of amides is 1. The summed E-state index contributed by atoms with van der Waals surface area (Å²) < 4.78 is 12.3. The van der Waals surface area contributed by atoms with Gasteiger partial charge in [0.05, 0.1) is 31.1 Å². The molecule has 0 aliphatic carbocycles. The number of nitrogens with one attached hydrogen (secondary N) is 1. The van der Waals surface area contributed by atoms with E-state index in [-0.39, 0.29) is 6.04 Å². The van der Waals surface area contributed by atoms with Gasteiger partial charge >= 0.3 is 6.09 Å². The molecule has 3 heterocycles. The Balaban J connectivity index is 1.71. The number of hydrogen-bond donors (Lipinski definition) is 1. The minimum atomic E-state index is -0.561. The summed E-state index contributed by atoms with van der Waals surface area (Å²) in [5.41, 5.74) is 0.484. The molecule has 2 aromatic rings. The fourth-order valence-corrected chi connectivity index (χ4v) is 2.78. The van der Waals surface area contributed by atoms with Crippen LogP contribution in [0.25, 0.3) is 5.82 Å². The quantitative estimate of drug-likeness (QED) is 0.875. The van der Waals surface area contributed by atoms with Crippen LogP contribution in [0.3, 0.4) is 0 Å². The van der Waals surface area contributed by atoms with Crippen LogP contribution in [0.4, 0.5) is 10.5 Å². The Bertz CT molecular complexity index is 762. The SMILES string of the molecule is CC(NC(=O)OC(C)(C)C)c1ncnn1-c1ccc(N2CCOCC2)cn1. The van der Waals surface area contributed by atoms with Crippen LogP contribution in [0.2, 0.25) is 0 Å². The minimum absolute atomic E-state index is 0.386. The molecule has 0 radical (unpaired) electrons. The van der Waals surface area contributed by atoms with Gasteiger partial charge < -0.3 is 19.7 Å². The van der Waals surface area contributed by atoms with Gasteiger partial charge in [-0.3, -0.25) is 0 Å². The molecule has 3 rings (SSSR count). The van der Waals surface area contributed by atoms with Crippen molar-refractivity contribution in [2.45, 2.75) is 39.3 Å². The largest absolute Gasteiger partial charge is 0.444 e. The van der Waals surface area contributed by atoms with Gasteiger partial charge in [-0.05, 0) is 39.8 Å². The number of ether oxygens (including phenoxy) is 2. The number of alkyl carbamates (subject to hydrolysis) is 1. The van der Waals surface area contributed by atoms with Crippen molar-refractivity contribution in [3.63, 3.8) is 0 Å². The van der Waals surface area contributed by atoms with Crippen LogP contribution in [-0.2, 0) is 9.47 Å². The molecule has 1 amide bonds. The fraction of sp³-hybridized carbons (Fsp3) is 0.556. The molecule has 9 nitrogen and oxygen atoms in total. The number of nitrogens with zero attached hydrogens (tertiary/aromatic N) is 5. The Morgan fingerprint density at radius 2 is 2.00 bits per heavy atom. The first-order valence-electron chi connectivity index (χ1n) is 9.02. The molecule has 1 N–H and O–H groups in total. The van der Waals surface area contributed by atoms with Gasteiger partial charge in [-0.2, -0.15) is 9.78 Å². The van der Waals surface area contributed by atoms with Crippen molar-refractivity contribution in [3.8, 4) is 5.82 Å². The van der Waals surface area contributed by atoms with E-state index in [1.54, 1.807) is 4.68 Å². The predicted molar refractivity (Wildman–Crippen MR) is 100.0 cm³/mol. The molecule has 146 valence electrons. The van der Waals surface area contributed by atoms with Crippen LogP contribution in [0.1, 0.15) is 39.6 Å². The van der Waals surface area contributed by atoms with Crippen molar-refractivity contribution in [2.75, 3.05) is 31.2 Å². The average molecular weight is 374 g/mol. The van der Waals surface area contributed by atoms with Crippen molar-refractivity contribution in [1.82, 2.24) is 25.1 Å². The van der Waals surface area contributed by atoms with Crippen LogP contribution in [-0.4, -0.2) is 57.7 Å². The van der Waals surface area contributed by atoms with Crippen molar-refractivity contribution in [2.24, 2.45) is 0 Å². The smallest absolute Gasteiger partial charge is 0.408 e. The Morgan fingerprint density at radius 3 is 2.63 bits per heavy atom. The zero-order chi connectivity index (χ0) is 19.4. The Labute approximate surface area is 158 Å². The minimum Gasteiger partial charge on any atom is -0.444 e. The Morgan fingerprint density at radius 1 is 1.26 bits per heavy atom. The number of carbonyl (C=O) groups excluding carboxylic acids is 1. The van der Waals surface area contributed by atoms with Crippen LogP contribution in [0.5, 0.6) is 0 Å². The summed E-state index contributed by atoms with van der Waals surface area (Å²) in [6.45, 7) is 10.4. The van der Waals surface area contributed by atoms with Crippen molar-refractivity contribution in [3.05, 3.63) is 30.5 Å². The number of pyridine rings is 1. The maximum atomic E-state index is 12.0. The maximum Gasteiger partial charge on any atom is 0.408 e. The summed E-state index contributed by atoms with van der Waals surface area (Å²) in [7, 11) is 0. The van der Waals surface area contributed by atoms with Crippen LogP contribution in [0.15, 0.2) is 24.7 Å². The summed E-state index contributed by atoms with van der Waals surface area (Å²) in [4.78, 5) is 23.0. The summed E-state index contributed by atoms with van der Waals surface area (Å²) in [5.74, 6) is 1.21. The predicted octanol–water partition coefficient (Wildman–Crippen LogP) is 2.08. The van der Waals surface area contributed by atoms with Crippen LogP contribution >= 0.6 is 0 Å². The van der Waals surface area contributed by atoms with E-state index in [0.717, 1.165) is 32.0 Å². The Kier molecular flexibility index (Phi) is 5.59. The third-order valence-corrected chi connectivity index (χ3v) is 4.02. The molecule has 0 spiro atoms. The second-order valence-electron chi connectivity index (χ2n) is 7.37. The van der Waals surface area contributed by atoms with Gasteiger partial charge in [0.2, 0.25) is 0 Å². The second-order valence-corrected chi connectivity index (χ2v) is 7.37. The number of rotatable bonds is 4. The Hall–Kier alpha value is -2.68. The summed E-state index contributed by atoms with van der Waals surface area (Å²) in [6.07, 6.45) is 2.76. The molecule has 1 aliphatic rings. The van der Waals surface area contributed by atoms with E-state index >= 15 is 0 Å². The molecule has 0 saturated carbocycles. The highest BCUT2D eigenvalue weighted by Crippen LogP contribution is 2.18.